The van der Waals surface area contributed by atoms with Crippen molar-refractivity contribution in [2.24, 2.45) is 5.73 Å². The van der Waals surface area contributed by atoms with Gasteiger partial charge in [0, 0.05) is 22.8 Å². The van der Waals surface area contributed by atoms with Crippen LogP contribution < -0.4 is 11.1 Å². The number of nitrogens with two attached hydrogens (primary N) is 1. The van der Waals surface area contributed by atoms with E-state index in [2.05, 4.69) is 26.2 Å². The molecule has 2 rings (SSSR count). The van der Waals surface area contributed by atoms with Crippen molar-refractivity contribution in [3.05, 3.63) is 28.5 Å². The summed E-state index contributed by atoms with van der Waals surface area (Å²) in [7, 11) is 0. The lowest BCUT2D eigenvalue weighted by Crippen LogP contribution is -2.40. The minimum Gasteiger partial charge on any atom is -0.348 e. The lowest BCUT2D eigenvalue weighted by molar-refractivity contribution is 0.0921. The Hall–Kier alpha value is -0.360. The highest BCUT2D eigenvalue weighted by Gasteiger charge is 2.20. The van der Waals surface area contributed by atoms with Crippen LogP contribution in [0.3, 0.4) is 0 Å². The number of amides is 1. The first-order valence-electron chi connectivity index (χ1n) is 5.83. The van der Waals surface area contributed by atoms with Gasteiger partial charge in [-0.15, -0.1) is 24.8 Å². The van der Waals surface area contributed by atoms with E-state index in [1.165, 1.54) is 0 Å². The third-order valence-electron chi connectivity index (χ3n) is 3.07. The lowest BCUT2D eigenvalue weighted by Gasteiger charge is -2.26. The number of aromatic nitrogens is 1. The van der Waals surface area contributed by atoms with Crippen molar-refractivity contribution in [1.29, 1.82) is 0 Å². The van der Waals surface area contributed by atoms with Gasteiger partial charge in [-0.1, -0.05) is 0 Å². The maximum atomic E-state index is 11.9. The molecule has 19 heavy (non-hydrogen) atoms. The molecule has 1 aliphatic rings. The molecule has 1 heterocycles. The molecular weight excluding hydrogens is 353 g/mol. The summed E-state index contributed by atoms with van der Waals surface area (Å²) in [5.41, 5.74) is 6.29. The highest BCUT2D eigenvalue weighted by Crippen LogP contribution is 2.17. The van der Waals surface area contributed by atoms with E-state index < -0.39 is 0 Å². The first-order valence-corrected chi connectivity index (χ1v) is 6.62. The molecule has 0 radical (unpaired) electrons. The van der Waals surface area contributed by atoms with Crippen LogP contribution in [0, 0.1) is 0 Å². The molecule has 1 fully saturated rings. The van der Waals surface area contributed by atoms with Gasteiger partial charge < -0.3 is 11.1 Å². The molecule has 3 N–H and O–H groups in total. The van der Waals surface area contributed by atoms with Crippen LogP contribution >= 0.6 is 40.7 Å². The van der Waals surface area contributed by atoms with Gasteiger partial charge in [-0.25, -0.2) is 4.98 Å². The van der Waals surface area contributed by atoms with Crippen LogP contribution in [0.5, 0.6) is 0 Å². The maximum absolute atomic E-state index is 11.9. The quantitative estimate of drug-likeness (QED) is 0.840. The fraction of sp³-hybridized carbons (Fsp3) is 0.500. The second-order valence-corrected chi connectivity index (χ2v) is 5.36. The molecule has 108 valence electrons. The molecular formula is C12H18BrCl2N3O. The molecule has 1 aromatic heterocycles. The van der Waals surface area contributed by atoms with E-state index in [1.54, 1.807) is 12.3 Å². The van der Waals surface area contributed by atoms with Crippen molar-refractivity contribution in [1.82, 2.24) is 10.3 Å². The highest BCUT2D eigenvalue weighted by molar-refractivity contribution is 9.10. The molecule has 1 aliphatic carbocycles. The Labute approximate surface area is 133 Å². The van der Waals surface area contributed by atoms with Crippen LogP contribution in [-0.2, 0) is 0 Å². The van der Waals surface area contributed by atoms with Crippen molar-refractivity contribution >= 4 is 46.7 Å². The molecule has 1 saturated carbocycles. The SMILES string of the molecule is Cl.Cl.NC1CCC(NC(=O)c2ccc(Br)cn2)CC1. The molecule has 0 bridgehead atoms. The minimum absolute atomic E-state index is 0. The van der Waals surface area contributed by atoms with Crippen LogP contribution in [-0.4, -0.2) is 23.0 Å². The van der Waals surface area contributed by atoms with E-state index in [9.17, 15) is 4.79 Å². The summed E-state index contributed by atoms with van der Waals surface area (Å²) in [6.07, 6.45) is 5.52. The molecule has 7 heteroatoms. The van der Waals surface area contributed by atoms with Gasteiger partial charge in [0.2, 0.25) is 0 Å². The predicted molar refractivity (Wildman–Crippen MR) is 84.1 cm³/mol. The van der Waals surface area contributed by atoms with E-state index in [-0.39, 0.29) is 36.8 Å². The second-order valence-electron chi connectivity index (χ2n) is 4.45. The first kappa shape index (κ1) is 18.6. The van der Waals surface area contributed by atoms with Crippen LogP contribution in [0.25, 0.3) is 0 Å². The molecule has 0 unspecified atom stereocenters. The monoisotopic (exact) mass is 369 g/mol. The Morgan fingerprint density at radius 1 is 1.26 bits per heavy atom. The summed E-state index contributed by atoms with van der Waals surface area (Å²) in [6, 6.07) is 4.08. The number of nitrogens with one attached hydrogen (secondary N) is 1. The third-order valence-corrected chi connectivity index (χ3v) is 3.54. The van der Waals surface area contributed by atoms with Crippen LogP contribution in [0.2, 0.25) is 0 Å². The minimum atomic E-state index is -0.0991. The van der Waals surface area contributed by atoms with Gasteiger partial charge in [0.25, 0.3) is 5.91 Å². The highest BCUT2D eigenvalue weighted by atomic mass is 79.9. The summed E-state index contributed by atoms with van der Waals surface area (Å²) in [4.78, 5) is 16.0. The molecule has 0 atom stereocenters. The fourth-order valence-electron chi connectivity index (χ4n) is 2.03. The number of hydrogen-bond donors (Lipinski definition) is 2. The average molecular weight is 371 g/mol. The number of hydrogen-bond acceptors (Lipinski definition) is 3. The summed E-state index contributed by atoms with van der Waals surface area (Å²) in [5.74, 6) is -0.0991. The molecule has 0 aliphatic heterocycles. The van der Waals surface area contributed by atoms with Crippen LogP contribution in [0.4, 0.5) is 0 Å². The number of nitrogens with zero attached hydrogens (tertiary/aromatic N) is 1. The van der Waals surface area contributed by atoms with Crippen molar-refractivity contribution in [3.8, 4) is 0 Å². The Kier molecular flexibility index (Phi) is 8.57. The largest absolute Gasteiger partial charge is 0.348 e. The summed E-state index contributed by atoms with van der Waals surface area (Å²) >= 11 is 3.29. The molecule has 0 aromatic carbocycles. The molecule has 0 saturated heterocycles. The Balaban J connectivity index is 0.00000162. The van der Waals surface area contributed by atoms with Gasteiger partial charge in [0.1, 0.15) is 5.69 Å². The van der Waals surface area contributed by atoms with Crippen molar-refractivity contribution in [2.45, 2.75) is 37.8 Å². The number of carbonyl (C=O) groups is 1. The maximum Gasteiger partial charge on any atom is 0.270 e. The number of pyridine rings is 1. The van der Waals surface area contributed by atoms with E-state index in [4.69, 9.17) is 5.73 Å². The van der Waals surface area contributed by atoms with Crippen LogP contribution in [0.15, 0.2) is 22.8 Å². The Bertz CT molecular complexity index is 394. The second kappa shape index (κ2) is 8.74. The zero-order valence-electron chi connectivity index (χ0n) is 10.3. The topological polar surface area (TPSA) is 68.0 Å². The summed E-state index contributed by atoms with van der Waals surface area (Å²) in [6.45, 7) is 0. The van der Waals surface area contributed by atoms with Crippen molar-refractivity contribution in [2.75, 3.05) is 0 Å². The van der Waals surface area contributed by atoms with Gasteiger partial charge in [0.05, 0.1) is 0 Å². The number of rotatable bonds is 2. The van der Waals surface area contributed by atoms with Crippen molar-refractivity contribution < 1.29 is 4.79 Å². The Morgan fingerprint density at radius 3 is 2.42 bits per heavy atom. The smallest absolute Gasteiger partial charge is 0.270 e. The third kappa shape index (κ3) is 5.65. The van der Waals surface area contributed by atoms with E-state index >= 15 is 0 Å². The standard InChI is InChI=1S/C12H16BrN3O.2ClH/c13-8-1-6-11(15-7-8)12(17)16-10-4-2-9(14)3-5-10;;/h1,6-7,9-10H,2-5,14H2,(H,16,17);2*1H. The number of halogens is 3. The zero-order chi connectivity index (χ0) is 12.3. The van der Waals surface area contributed by atoms with Gasteiger partial charge in [-0.05, 0) is 53.7 Å². The van der Waals surface area contributed by atoms with E-state index in [0.29, 0.717) is 11.7 Å². The van der Waals surface area contributed by atoms with Crippen molar-refractivity contribution in [3.63, 3.8) is 0 Å². The van der Waals surface area contributed by atoms with Gasteiger partial charge in [-0.3, -0.25) is 4.79 Å². The van der Waals surface area contributed by atoms with Gasteiger partial charge in [-0.2, -0.15) is 0 Å². The fourth-order valence-corrected chi connectivity index (χ4v) is 2.27. The molecule has 0 spiro atoms. The zero-order valence-corrected chi connectivity index (χ0v) is 13.6. The normalized spacial score (nSPS) is 21.8. The molecule has 1 aromatic rings. The summed E-state index contributed by atoms with van der Waals surface area (Å²) < 4.78 is 0.873. The van der Waals surface area contributed by atoms with E-state index in [1.807, 2.05) is 6.07 Å². The Morgan fingerprint density at radius 2 is 1.89 bits per heavy atom. The number of carbonyl (C=O) groups excluding carboxylic acids is 1. The molecule has 1 amide bonds. The first-order chi connectivity index (χ1) is 8.15. The van der Waals surface area contributed by atoms with Crippen LogP contribution in [0.1, 0.15) is 36.2 Å². The average Bonchev–Trinajstić information content (AvgIpc) is 2.33. The predicted octanol–water partition coefficient (Wildman–Crippen LogP) is 2.69. The van der Waals surface area contributed by atoms with Gasteiger partial charge >= 0.3 is 0 Å². The van der Waals surface area contributed by atoms with E-state index in [0.717, 1.165) is 30.2 Å². The van der Waals surface area contributed by atoms with Gasteiger partial charge in [0.15, 0.2) is 0 Å². The summed E-state index contributed by atoms with van der Waals surface area (Å²) in [5, 5.41) is 3.00. The lowest BCUT2D eigenvalue weighted by atomic mass is 9.92. The molecule has 4 nitrogen and oxygen atoms in total.